The van der Waals surface area contributed by atoms with Crippen molar-refractivity contribution in [1.82, 2.24) is 9.47 Å². The molecular formula is C30H35N3O3. The minimum atomic E-state index is 0.0463. The van der Waals surface area contributed by atoms with E-state index >= 15 is 0 Å². The number of aryl methyl sites for hydroxylation is 1. The molecule has 1 aliphatic rings. The summed E-state index contributed by atoms with van der Waals surface area (Å²) in [6.45, 7) is 12.1. The fourth-order valence-electron chi connectivity index (χ4n) is 5.01. The van der Waals surface area contributed by atoms with Crippen LogP contribution in [0.1, 0.15) is 48.1 Å². The van der Waals surface area contributed by atoms with Crippen molar-refractivity contribution in [3.05, 3.63) is 83.2 Å². The van der Waals surface area contributed by atoms with E-state index in [1.807, 2.05) is 42.2 Å². The molecule has 1 aliphatic heterocycles. The maximum atomic E-state index is 13.7. The van der Waals surface area contributed by atoms with Crippen LogP contribution in [-0.2, 0) is 12.0 Å². The number of carbonyl (C=O) groups is 1. The number of methoxy groups -OCH3 is 1. The van der Waals surface area contributed by atoms with E-state index < -0.39 is 0 Å². The lowest BCUT2D eigenvalue weighted by atomic mass is 9.87. The molecule has 188 valence electrons. The number of piperazine rings is 1. The summed E-state index contributed by atoms with van der Waals surface area (Å²) >= 11 is 0. The van der Waals surface area contributed by atoms with Crippen molar-refractivity contribution in [3.8, 4) is 5.75 Å². The maximum absolute atomic E-state index is 13.7. The normalized spacial score (nSPS) is 14.5. The third-order valence-electron chi connectivity index (χ3n) is 7.09. The molecular weight excluding hydrogens is 450 g/mol. The van der Waals surface area contributed by atoms with Gasteiger partial charge >= 0.3 is 0 Å². The molecule has 0 bridgehead atoms. The Morgan fingerprint density at radius 2 is 1.67 bits per heavy atom. The number of para-hydroxylation sites is 2. The first-order valence-electron chi connectivity index (χ1n) is 12.6. The van der Waals surface area contributed by atoms with E-state index in [0.29, 0.717) is 25.3 Å². The highest BCUT2D eigenvalue weighted by Gasteiger charge is 2.27. The molecule has 1 fully saturated rings. The van der Waals surface area contributed by atoms with Gasteiger partial charge in [0.15, 0.2) is 5.58 Å². The van der Waals surface area contributed by atoms with E-state index in [9.17, 15) is 4.79 Å². The van der Waals surface area contributed by atoms with Crippen LogP contribution in [-0.4, -0.2) is 48.7 Å². The van der Waals surface area contributed by atoms with E-state index in [1.54, 1.807) is 7.11 Å². The average molecular weight is 486 g/mol. The number of rotatable bonds is 5. The van der Waals surface area contributed by atoms with E-state index in [1.165, 1.54) is 5.56 Å². The quantitative estimate of drug-likeness (QED) is 0.355. The molecule has 3 heterocycles. The Bertz CT molecular complexity index is 1370. The molecule has 1 amide bonds. The van der Waals surface area contributed by atoms with Crippen molar-refractivity contribution in [2.24, 2.45) is 0 Å². The monoisotopic (exact) mass is 485 g/mol. The second kappa shape index (κ2) is 9.41. The number of anilines is 1. The van der Waals surface area contributed by atoms with Gasteiger partial charge in [0.25, 0.3) is 5.91 Å². The molecule has 0 unspecified atom stereocenters. The average Bonchev–Trinajstić information content (AvgIpc) is 3.40. The topological polar surface area (TPSA) is 50.9 Å². The Morgan fingerprint density at radius 1 is 0.972 bits per heavy atom. The first-order valence-corrected chi connectivity index (χ1v) is 12.6. The van der Waals surface area contributed by atoms with Crippen LogP contribution < -0.4 is 9.64 Å². The molecule has 1 saturated heterocycles. The van der Waals surface area contributed by atoms with Gasteiger partial charge in [0.1, 0.15) is 17.2 Å². The van der Waals surface area contributed by atoms with Crippen LogP contribution in [0.25, 0.3) is 11.1 Å². The van der Waals surface area contributed by atoms with Crippen LogP contribution in [0.3, 0.4) is 0 Å². The fourth-order valence-corrected chi connectivity index (χ4v) is 5.01. The molecule has 4 aromatic rings. The van der Waals surface area contributed by atoms with E-state index in [0.717, 1.165) is 46.9 Å². The lowest BCUT2D eigenvalue weighted by Gasteiger charge is -2.36. The van der Waals surface area contributed by atoms with Crippen LogP contribution in [0.15, 0.2) is 65.1 Å². The van der Waals surface area contributed by atoms with Gasteiger partial charge < -0.3 is 23.5 Å². The van der Waals surface area contributed by atoms with Crippen molar-refractivity contribution in [3.63, 3.8) is 0 Å². The lowest BCUT2D eigenvalue weighted by Crippen LogP contribution is -2.49. The van der Waals surface area contributed by atoms with Gasteiger partial charge in [0.2, 0.25) is 0 Å². The van der Waals surface area contributed by atoms with Crippen molar-refractivity contribution < 1.29 is 13.9 Å². The Kier molecular flexibility index (Phi) is 6.29. The van der Waals surface area contributed by atoms with E-state index in [-0.39, 0.29) is 11.3 Å². The standard InChI is InChI=1S/C30H35N3O3/c1-21-18-25-28(36-21)19-26(33(25)20-22-10-12-23(13-11-22)30(2,3)4)29(34)32-16-14-31(15-17-32)24-8-6-7-9-27(24)35-5/h6-13,18-19H,14-17,20H2,1-5H3. The van der Waals surface area contributed by atoms with Crippen molar-refractivity contribution >= 4 is 22.7 Å². The molecule has 5 rings (SSSR count). The lowest BCUT2D eigenvalue weighted by molar-refractivity contribution is 0.0736. The van der Waals surface area contributed by atoms with Crippen LogP contribution >= 0.6 is 0 Å². The zero-order chi connectivity index (χ0) is 25.4. The molecule has 6 nitrogen and oxygen atoms in total. The molecule has 2 aromatic carbocycles. The Labute approximate surface area is 213 Å². The fraction of sp³-hybridized carbons (Fsp3) is 0.367. The third kappa shape index (κ3) is 4.60. The number of hydrogen-bond acceptors (Lipinski definition) is 4. The van der Waals surface area contributed by atoms with E-state index in [4.69, 9.17) is 9.15 Å². The van der Waals surface area contributed by atoms with Crippen molar-refractivity contribution in [2.45, 2.75) is 39.7 Å². The van der Waals surface area contributed by atoms with Gasteiger partial charge in [-0.2, -0.15) is 0 Å². The highest BCUT2D eigenvalue weighted by atomic mass is 16.5. The second-order valence-corrected chi connectivity index (χ2v) is 10.6. The third-order valence-corrected chi connectivity index (χ3v) is 7.09. The van der Waals surface area contributed by atoms with Gasteiger partial charge in [-0.1, -0.05) is 57.2 Å². The summed E-state index contributed by atoms with van der Waals surface area (Å²) in [7, 11) is 1.70. The molecule has 0 atom stereocenters. The first kappa shape index (κ1) is 24.0. The van der Waals surface area contributed by atoms with Crippen LogP contribution in [0.4, 0.5) is 5.69 Å². The molecule has 0 saturated carbocycles. The molecule has 0 radical (unpaired) electrons. The zero-order valence-corrected chi connectivity index (χ0v) is 21.9. The van der Waals surface area contributed by atoms with E-state index in [2.05, 4.69) is 60.6 Å². The molecule has 6 heteroatoms. The summed E-state index contributed by atoms with van der Waals surface area (Å²) in [5.41, 5.74) is 6.03. The Balaban J connectivity index is 1.38. The number of fused-ring (bicyclic) bond motifs is 1. The Morgan fingerprint density at radius 3 is 2.33 bits per heavy atom. The number of ether oxygens (including phenoxy) is 1. The van der Waals surface area contributed by atoms with Gasteiger partial charge in [-0.05, 0) is 35.6 Å². The number of hydrogen-bond donors (Lipinski definition) is 0. The predicted molar refractivity (Wildman–Crippen MR) is 144 cm³/mol. The number of benzene rings is 2. The molecule has 0 spiro atoms. The van der Waals surface area contributed by atoms with Crippen LogP contribution in [0.2, 0.25) is 0 Å². The number of aromatic nitrogens is 1. The van der Waals surface area contributed by atoms with Crippen molar-refractivity contribution in [2.75, 3.05) is 38.2 Å². The van der Waals surface area contributed by atoms with Gasteiger partial charge in [-0.15, -0.1) is 0 Å². The molecule has 0 aliphatic carbocycles. The van der Waals surface area contributed by atoms with Gasteiger partial charge in [-0.25, -0.2) is 0 Å². The second-order valence-electron chi connectivity index (χ2n) is 10.6. The van der Waals surface area contributed by atoms with Crippen molar-refractivity contribution in [1.29, 1.82) is 0 Å². The number of nitrogens with zero attached hydrogens (tertiary/aromatic N) is 3. The van der Waals surface area contributed by atoms with Gasteiger partial charge in [0, 0.05) is 44.9 Å². The smallest absolute Gasteiger partial charge is 0.270 e. The van der Waals surface area contributed by atoms with Gasteiger partial charge in [-0.3, -0.25) is 4.79 Å². The highest BCUT2D eigenvalue weighted by Crippen LogP contribution is 2.30. The Hall–Kier alpha value is -3.67. The number of furan rings is 1. The summed E-state index contributed by atoms with van der Waals surface area (Å²) in [5, 5.41) is 0. The SMILES string of the molecule is COc1ccccc1N1CCN(C(=O)c2cc3oc(C)cc3n2Cc2ccc(C(C)(C)C)cc2)CC1. The predicted octanol–water partition coefficient (Wildman–Crippen LogP) is 5.86. The van der Waals surface area contributed by atoms with Crippen LogP contribution in [0.5, 0.6) is 5.75 Å². The van der Waals surface area contributed by atoms with Gasteiger partial charge in [0.05, 0.1) is 18.3 Å². The summed E-state index contributed by atoms with van der Waals surface area (Å²) in [6.07, 6.45) is 0. The summed E-state index contributed by atoms with van der Waals surface area (Å²) < 4.78 is 13.6. The summed E-state index contributed by atoms with van der Waals surface area (Å²) in [4.78, 5) is 18.0. The minimum absolute atomic E-state index is 0.0463. The first-order chi connectivity index (χ1) is 17.2. The largest absolute Gasteiger partial charge is 0.495 e. The number of amides is 1. The van der Waals surface area contributed by atoms with Crippen LogP contribution in [0, 0.1) is 6.92 Å². The molecule has 0 N–H and O–H groups in total. The summed E-state index contributed by atoms with van der Waals surface area (Å²) in [5.74, 6) is 1.76. The zero-order valence-electron chi connectivity index (χ0n) is 21.9. The number of carbonyl (C=O) groups excluding carboxylic acids is 1. The maximum Gasteiger partial charge on any atom is 0.270 e. The minimum Gasteiger partial charge on any atom is -0.495 e. The molecule has 36 heavy (non-hydrogen) atoms. The molecule has 2 aromatic heterocycles. The highest BCUT2D eigenvalue weighted by molar-refractivity contribution is 5.98. The summed E-state index contributed by atoms with van der Waals surface area (Å²) in [6, 6.07) is 20.7.